The van der Waals surface area contributed by atoms with Crippen LogP contribution >= 0.6 is 23.1 Å². The predicted molar refractivity (Wildman–Crippen MR) is 73.5 cm³/mol. The quantitative estimate of drug-likeness (QED) is 0.822. The van der Waals surface area contributed by atoms with Gasteiger partial charge in [-0.15, -0.1) is 21.5 Å². The third-order valence-electron chi connectivity index (χ3n) is 2.31. The molecule has 2 aromatic rings. The SMILES string of the molecule is CCSc1nnc(-c2cccs2)n1CCC(N)=O. The molecule has 0 bridgehead atoms. The summed E-state index contributed by atoms with van der Waals surface area (Å²) in [4.78, 5) is 12.0. The molecule has 7 heteroatoms. The standard InChI is InChI=1S/C11H14N4OS2/c1-2-17-11-14-13-10(8-4-3-7-18-8)15(11)6-5-9(12)16/h3-4,7H,2,5-6H2,1H3,(H2,12,16). The first-order valence-electron chi connectivity index (χ1n) is 5.60. The topological polar surface area (TPSA) is 73.8 Å². The summed E-state index contributed by atoms with van der Waals surface area (Å²) in [5.74, 6) is 1.41. The van der Waals surface area contributed by atoms with E-state index in [2.05, 4.69) is 17.1 Å². The Labute approximate surface area is 113 Å². The lowest BCUT2D eigenvalue weighted by atomic mass is 10.4. The minimum absolute atomic E-state index is 0.299. The molecule has 0 radical (unpaired) electrons. The summed E-state index contributed by atoms with van der Waals surface area (Å²) < 4.78 is 1.96. The van der Waals surface area contributed by atoms with Gasteiger partial charge in [-0.3, -0.25) is 4.79 Å². The van der Waals surface area contributed by atoms with Crippen molar-refractivity contribution in [3.63, 3.8) is 0 Å². The highest BCUT2D eigenvalue weighted by molar-refractivity contribution is 7.99. The van der Waals surface area contributed by atoms with Crippen molar-refractivity contribution in [3.05, 3.63) is 17.5 Å². The number of thioether (sulfide) groups is 1. The molecular weight excluding hydrogens is 268 g/mol. The molecule has 2 aromatic heterocycles. The summed E-state index contributed by atoms with van der Waals surface area (Å²) in [6, 6.07) is 3.97. The molecule has 1 amide bonds. The van der Waals surface area contributed by atoms with Crippen LogP contribution in [-0.4, -0.2) is 26.4 Å². The molecule has 18 heavy (non-hydrogen) atoms. The highest BCUT2D eigenvalue weighted by Gasteiger charge is 2.14. The first-order valence-corrected chi connectivity index (χ1v) is 7.47. The Morgan fingerprint density at radius 2 is 2.39 bits per heavy atom. The molecule has 0 spiro atoms. The van der Waals surface area contributed by atoms with Gasteiger partial charge in [0.25, 0.3) is 0 Å². The average molecular weight is 282 g/mol. The summed E-state index contributed by atoms with van der Waals surface area (Å²) in [5.41, 5.74) is 5.20. The van der Waals surface area contributed by atoms with Gasteiger partial charge in [0.15, 0.2) is 11.0 Å². The zero-order chi connectivity index (χ0) is 13.0. The van der Waals surface area contributed by atoms with Crippen molar-refractivity contribution < 1.29 is 4.79 Å². The van der Waals surface area contributed by atoms with E-state index < -0.39 is 0 Å². The molecule has 0 aliphatic carbocycles. The molecule has 0 saturated heterocycles. The number of carbonyl (C=O) groups excluding carboxylic acids is 1. The highest BCUT2D eigenvalue weighted by Crippen LogP contribution is 2.27. The van der Waals surface area contributed by atoms with E-state index in [0.717, 1.165) is 21.6 Å². The molecule has 2 heterocycles. The minimum atomic E-state index is -0.312. The van der Waals surface area contributed by atoms with Gasteiger partial charge >= 0.3 is 0 Å². The van der Waals surface area contributed by atoms with Crippen LogP contribution in [0.2, 0.25) is 0 Å². The Morgan fingerprint density at radius 3 is 3.00 bits per heavy atom. The van der Waals surface area contributed by atoms with E-state index in [-0.39, 0.29) is 5.91 Å². The molecule has 0 saturated carbocycles. The molecule has 0 unspecified atom stereocenters. The number of thiophene rings is 1. The zero-order valence-corrected chi connectivity index (χ0v) is 11.6. The van der Waals surface area contributed by atoms with Crippen LogP contribution in [0.25, 0.3) is 10.7 Å². The van der Waals surface area contributed by atoms with E-state index >= 15 is 0 Å². The third-order valence-corrected chi connectivity index (χ3v) is 4.03. The molecule has 0 aliphatic heterocycles. The summed E-state index contributed by atoms with van der Waals surface area (Å²) in [7, 11) is 0. The maximum Gasteiger partial charge on any atom is 0.219 e. The zero-order valence-electron chi connectivity index (χ0n) is 10.00. The number of amides is 1. The smallest absolute Gasteiger partial charge is 0.219 e. The monoisotopic (exact) mass is 282 g/mol. The molecule has 5 nitrogen and oxygen atoms in total. The second-order valence-electron chi connectivity index (χ2n) is 3.58. The largest absolute Gasteiger partial charge is 0.370 e. The summed E-state index contributed by atoms with van der Waals surface area (Å²) in [5, 5.41) is 11.2. The fraction of sp³-hybridized carbons (Fsp3) is 0.364. The predicted octanol–water partition coefficient (Wildman–Crippen LogP) is 1.99. The Morgan fingerprint density at radius 1 is 1.56 bits per heavy atom. The number of nitrogens with two attached hydrogens (primary N) is 1. The van der Waals surface area contributed by atoms with E-state index in [4.69, 9.17) is 5.73 Å². The number of aromatic nitrogens is 3. The Kier molecular flexibility index (Phi) is 4.38. The molecular formula is C11H14N4OS2. The van der Waals surface area contributed by atoms with E-state index in [1.165, 1.54) is 0 Å². The molecule has 0 aromatic carbocycles. The summed E-state index contributed by atoms with van der Waals surface area (Å²) >= 11 is 3.22. The normalized spacial score (nSPS) is 10.7. The first-order chi connectivity index (χ1) is 8.72. The van der Waals surface area contributed by atoms with Crippen LogP contribution in [-0.2, 0) is 11.3 Å². The number of primary amides is 1. The van der Waals surface area contributed by atoms with Crippen molar-refractivity contribution in [1.82, 2.24) is 14.8 Å². The second-order valence-corrected chi connectivity index (χ2v) is 5.76. The van der Waals surface area contributed by atoms with Crippen LogP contribution < -0.4 is 5.73 Å². The molecule has 2 rings (SSSR count). The third kappa shape index (κ3) is 2.91. The van der Waals surface area contributed by atoms with Gasteiger partial charge in [-0.1, -0.05) is 24.8 Å². The fourth-order valence-electron chi connectivity index (χ4n) is 1.54. The van der Waals surface area contributed by atoms with Crippen molar-refractivity contribution in [2.45, 2.75) is 25.0 Å². The van der Waals surface area contributed by atoms with Crippen molar-refractivity contribution in [3.8, 4) is 10.7 Å². The molecule has 2 N–H and O–H groups in total. The fourth-order valence-corrected chi connectivity index (χ4v) is 2.94. The van der Waals surface area contributed by atoms with Crippen molar-refractivity contribution in [1.29, 1.82) is 0 Å². The summed E-state index contributed by atoms with van der Waals surface area (Å²) in [6.07, 6.45) is 0.299. The van der Waals surface area contributed by atoms with E-state index in [9.17, 15) is 4.79 Å². The lowest BCUT2D eigenvalue weighted by Crippen LogP contribution is -2.14. The number of hydrogen-bond acceptors (Lipinski definition) is 5. The van der Waals surface area contributed by atoms with Gasteiger partial charge in [0.05, 0.1) is 4.88 Å². The lowest BCUT2D eigenvalue weighted by molar-refractivity contribution is -0.118. The van der Waals surface area contributed by atoms with Crippen LogP contribution in [0.15, 0.2) is 22.7 Å². The van der Waals surface area contributed by atoms with Gasteiger partial charge in [-0.2, -0.15) is 0 Å². The molecule has 0 fully saturated rings. The van der Waals surface area contributed by atoms with Crippen LogP contribution in [0.1, 0.15) is 13.3 Å². The van der Waals surface area contributed by atoms with Gasteiger partial charge in [0, 0.05) is 13.0 Å². The second kappa shape index (κ2) is 6.01. The van der Waals surface area contributed by atoms with Crippen molar-refractivity contribution in [2.24, 2.45) is 5.73 Å². The van der Waals surface area contributed by atoms with Crippen molar-refractivity contribution >= 4 is 29.0 Å². The van der Waals surface area contributed by atoms with Gasteiger partial charge in [0.1, 0.15) is 0 Å². The molecule has 96 valence electrons. The van der Waals surface area contributed by atoms with Gasteiger partial charge in [0.2, 0.25) is 5.91 Å². The van der Waals surface area contributed by atoms with E-state index in [1.54, 1.807) is 23.1 Å². The Bertz CT molecular complexity index is 521. The Hall–Kier alpha value is -1.34. The van der Waals surface area contributed by atoms with Crippen LogP contribution in [0.5, 0.6) is 0 Å². The number of rotatable bonds is 6. The highest BCUT2D eigenvalue weighted by atomic mass is 32.2. The Balaban J connectivity index is 2.31. The van der Waals surface area contributed by atoms with Crippen LogP contribution in [0.3, 0.4) is 0 Å². The molecule has 0 aliphatic rings. The average Bonchev–Trinajstić information content (AvgIpc) is 2.95. The molecule has 0 atom stereocenters. The van der Waals surface area contributed by atoms with E-state index in [0.29, 0.717) is 13.0 Å². The van der Waals surface area contributed by atoms with E-state index in [1.807, 2.05) is 22.1 Å². The van der Waals surface area contributed by atoms with Crippen LogP contribution in [0, 0.1) is 0 Å². The minimum Gasteiger partial charge on any atom is -0.370 e. The van der Waals surface area contributed by atoms with Gasteiger partial charge in [-0.05, 0) is 17.2 Å². The maximum absolute atomic E-state index is 10.9. The lowest BCUT2D eigenvalue weighted by Gasteiger charge is -2.07. The number of hydrogen-bond donors (Lipinski definition) is 1. The maximum atomic E-state index is 10.9. The van der Waals surface area contributed by atoms with Gasteiger partial charge < -0.3 is 10.3 Å². The number of nitrogens with zero attached hydrogens (tertiary/aromatic N) is 3. The number of carbonyl (C=O) groups is 1. The van der Waals surface area contributed by atoms with Crippen molar-refractivity contribution in [2.75, 3.05) is 5.75 Å². The van der Waals surface area contributed by atoms with Crippen LogP contribution in [0.4, 0.5) is 0 Å². The first kappa shape index (κ1) is 13.1. The summed E-state index contributed by atoms with van der Waals surface area (Å²) in [6.45, 7) is 2.58. The van der Waals surface area contributed by atoms with Gasteiger partial charge in [-0.25, -0.2) is 0 Å².